The summed E-state index contributed by atoms with van der Waals surface area (Å²) in [4.78, 5) is 12.6. The summed E-state index contributed by atoms with van der Waals surface area (Å²) < 4.78 is 38.2. The number of carbonyl (C=O) groups is 1. The molecule has 170 valence electrons. The molecule has 9 heteroatoms. The summed E-state index contributed by atoms with van der Waals surface area (Å²) in [5.41, 5.74) is 1.11. The zero-order valence-electron chi connectivity index (χ0n) is 18.0. The molecule has 1 N–H and O–H groups in total. The van der Waals surface area contributed by atoms with Crippen LogP contribution < -0.4 is 14.8 Å². The van der Waals surface area contributed by atoms with Crippen LogP contribution in [-0.4, -0.2) is 52.0 Å². The molecule has 1 aromatic carbocycles. The number of ether oxygens (including phenoxy) is 2. The van der Waals surface area contributed by atoms with Crippen molar-refractivity contribution in [3.8, 4) is 11.5 Å². The number of amides is 1. The van der Waals surface area contributed by atoms with Crippen LogP contribution >= 0.6 is 11.3 Å². The molecule has 1 atom stereocenters. The maximum atomic E-state index is 12.7. The summed E-state index contributed by atoms with van der Waals surface area (Å²) in [6, 6.07) is 9.21. The van der Waals surface area contributed by atoms with Crippen molar-refractivity contribution < 1.29 is 22.7 Å². The molecule has 1 saturated heterocycles. The molecule has 1 aromatic heterocycles. The van der Waals surface area contributed by atoms with E-state index in [0.717, 1.165) is 24.2 Å². The first-order valence-electron chi connectivity index (χ1n) is 10.6. The van der Waals surface area contributed by atoms with E-state index >= 15 is 0 Å². The lowest BCUT2D eigenvalue weighted by Crippen LogP contribution is -2.45. The first-order chi connectivity index (χ1) is 15.0. The first kappa shape index (κ1) is 23.6. The van der Waals surface area contributed by atoms with E-state index in [9.17, 15) is 13.2 Å². The van der Waals surface area contributed by atoms with Gasteiger partial charge in [-0.1, -0.05) is 12.1 Å². The maximum absolute atomic E-state index is 12.7. The molecule has 1 aliphatic rings. The molecule has 2 aromatic rings. The van der Waals surface area contributed by atoms with E-state index in [2.05, 4.69) is 5.32 Å². The van der Waals surface area contributed by atoms with Crippen LogP contribution in [0.5, 0.6) is 11.5 Å². The number of rotatable bonds is 10. The van der Waals surface area contributed by atoms with E-state index < -0.39 is 10.0 Å². The van der Waals surface area contributed by atoms with E-state index in [1.54, 1.807) is 24.6 Å². The average Bonchev–Trinajstić information content (AvgIpc) is 3.33. The van der Waals surface area contributed by atoms with Crippen LogP contribution in [0.4, 0.5) is 0 Å². The van der Waals surface area contributed by atoms with Crippen LogP contribution in [0.25, 0.3) is 0 Å². The number of benzene rings is 1. The fourth-order valence-corrected chi connectivity index (χ4v) is 6.37. The van der Waals surface area contributed by atoms with Crippen molar-refractivity contribution in [1.29, 1.82) is 0 Å². The minimum atomic E-state index is -3.51. The van der Waals surface area contributed by atoms with Gasteiger partial charge in [-0.3, -0.25) is 4.79 Å². The molecule has 0 radical (unpaired) electrons. The molecule has 2 heterocycles. The first-order valence-corrected chi connectivity index (χ1v) is 12.9. The predicted octanol–water partition coefficient (Wildman–Crippen LogP) is 3.31. The fraction of sp³-hybridized carbons (Fsp3) is 0.500. The van der Waals surface area contributed by atoms with Crippen molar-refractivity contribution in [3.05, 3.63) is 41.3 Å². The highest BCUT2D eigenvalue weighted by Crippen LogP contribution is 2.29. The molecule has 31 heavy (non-hydrogen) atoms. The fourth-order valence-electron chi connectivity index (χ4n) is 3.70. The molecule has 1 unspecified atom stereocenters. The Balaban J connectivity index is 1.47. The third-order valence-electron chi connectivity index (χ3n) is 5.31. The number of carbonyl (C=O) groups excluding carboxylic acids is 1. The third-order valence-corrected chi connectivity index (χ3v) is 8.55. The van der Waals surface area contributed by atoms with Gasteiger partial charge in [0, 0.05) is 19.6 Å². The number of nitrogens with one attached hydrogen (secondary N) is 1. The molecule has 0 aliphatic carbocycles. The zero-order valence-corrected chi connectivity index (χ0v) is 19.6. The van der Waals surface area contributed by atoms with Crippen LogP contribution in [0.2, 0.25) is 0 Å². The second-order valence-electron chi connectivity index (χ2n) is 7.45. The van der Waals surface area contributed by atoms with Crippen LogP contribution in [0.1, 0.15) is 31.7 Å². The van der Waals surface area contributed by atoms with E-state index in [1.807, 2.05) is 25.1 Å². The summed E-state index contributed by atoms with van der Waals surface area (Å²) in [6.07, 6.45) is 2.98. The van der Waals surface area contributed by atoms with E-state index in [4.69, 9.17) is 9.47 Å². The summed E-state index contributed by atoms with van der Waals surface area (Å²) in [5, 5.41) is 4.73. The van der Waals surface area contributed by atoms with E-state index in [1.165, 1.54) is 15.6 Å². The third kappa shape index (κ3) is 5.99. The molecule has 0 spiro atoms. The second kappa shape index (κ2) is 11.0. The molecular formula is C22H30N2O5S2. The van der Waals surface area contributed by atoms with Crippen LogP contribution in [0.15, 0.2) is 39.9 Å². The van der Waals surface area contributed by atoms with Crippen LogP contribution in [-0.2, 0) is 21.2 Å². The van der Waals surface area contributed by atoms with Crippen molar-refractivity contribution >= 4 is 27.3 Å². The summed E-state index contributed by atoms with van der Waals surface area (Å²) >= 11 is 1.21. The van der Waals surface area contributed by atoms with Crippen molar-refractivity contribution in [2.24, 2.45) is 5.92 Å². The standard InChI is InChI=1S/C22H30N2O5S2/c1-3-29-19-11-10-17(15-20(19)28-2)7-4-12-23-22(25)18-8-5-13-24(16-18)31(26,27)21-9-6-14-30-21/h6,9-11,14-15,18H,3-5,7-8,12-13,16H2,1-2H3,(H,23,25). The Morgan fingerprint density at radius 2 is 2.13 bits per heavy atom. The van der Waals surface area contributed by atoms with Crippen LogP contribution in [0, 0.1) is 5.92 Å². The summed E-state index contributed by atoms with van der Waals surface area (Å²) in [7, 11) is -1.89. The van der Waals surface area contributed by atoms with Gasteiger partial charge >= 0.3 is 0 Å². The minimum Gasteiger partial charge on any atom is -0.493 e. The molecule has 1 aliphatic heterocycles. The largest absolute Gasteiger partial charge is 0.493 e. The van der Waals surface area contributed by atoms with Gasteiger partial charge < -0.3 is 14.8 Å². The molecule has 1 fully saturated rings. The van der Waals surface area contributed by atoms with Gasteiger partial charge in [0.2, 0.25) is 5.91 Å². The number of nitrogens with zero attached hydrogens (tertiary/aromatic N) is 1. The van der Waals surface area contributed by atoms with Gasteiger partial charge in [-0.2, -0.15) is 4.31 Å². The van der Waals surface area contributed by atoms with Gasteiger partial charge in [-0.25, -0.2) is 8.42 Å². The van der Waals surface area contributed by atoms with Crippen molar-refractivity contribution in [1.82, 2.24) is 9.62 Å². The Kier molecular flexibility index (Phi) is 8.34. The summed E-state index contributed by atoms with van der Waals surface area (Å²) in [5.74, 6) is 1.04. The van der Waals surface area contributed by atoms with Gasteiger partial charge in [-0.05, 0) is 61.7 Å². The van der Waals surface area contributed by atoms with Crippen LogP contribution in [0.3, 0.4) is 0 Å². The Labute approximate surface area is 188 Å². The monoisotopic (exact) mass is 466 g/mol. The smallest absolute Gasteiger partial charge is 0.252 e. The number of piperidine rings is 1. The SMILES string of the molecule is CCOc1ccc(CCCNC(=O)C2CCCN(S(=O)(=O)c3cccs3)C2)cc1OC. The predicted molar refractivity (Wildman–Crippen MR) is 121 cm³/mol. The molecule has 0 saturated carbocycles. The van der Waals surface area contributed by atoms with Crippen molar-refractivity contribution in [2.45, 2.75) is 36.8 Å². The number of aryl methyl sites for hydroxylation is 1. The lowest BCUT2D eigenvalue weighted by molar-refractivity contribution is -0.126. The Morgan fingerprint density at radius 1 is 1.29 bits per heavy atom. The normalized spacial score (nSPS) is 17.3. The summed E-state index contributed by atoms with van der Waals surface area (Å²) in [6.45, 7) is 3.75. The topological polar surface area (TPSA) is 84.9 Å². The molecule has 3 rings (SSSR count). The highest BCUT2D eigenvalue weighted by atomic mass is 32.2. The Hall–Kier alpha value is -2.10. The Bertz CT molecular complexity index is 960. The average molecular weight is 467 g/mol. The van der Waals surface area contributed by atoms with E-state index in [-0.39, 0.29) is 18.4 Å². The van der Waals surface area contributed by atoms with Gasteiger partial charge in [0.25, 0.3) is 10.0 Å². The highest BCUT2D eigenvalue weighted by Gasteiger charge is 2.33. The molecule has 7 nitrogen and oxygen atoms in total. The zero-order chi connectivity index (χ0) is 22.3. The minimum absolute atomic E-state index is 0.0737. The number of thiophene rings is 1. The number of hydrogen-bond donors (Lipinski definition) is 1. The maximum Gasteiger partial charge on any atom is 0.252 e. The Morgan fingerprint density at radius 3 is 2.84 bits per heavy atom. The van der Waals surface area contributed by atoms with Gasteiger partial charge in [-0.15, -0.1) is 11.3 Å². The second-order valence-corrected chi connectivity index (χ2v) is 10.6. The van der Waals surface area contributed by atoms with E-state index in [0.29, 0.717) is 42.5 Å². The van der Waals surface area contributed by atoms with Gasteiger partial charge in [0.1, 0.15) is 4.21 Å². The lowest BCUT2D eigenvalue weighted by atomic mass is 9.99. The van der Waals surface area contributed by atoms with Crippen molar-refractivity contribution in [3.63, 3.8) is 0 Å². The van der Waals surface area contributed by atoms with Gasteiger partial charge in [0.15, 0.2) is 11.5 Å². The lowest BCUT2D eigenvalue weighted by Gasteiger charge is -2.30. The van der Waals surface area contributed by atoms with Crippen molar-refractivity contribution in [2.75, 3.05) is 33.4 Å². The molecular weight excluding hydrogens is 436 g/mol. The quantitative estimate of drug-likeness (QED) is 0.543. The number of sulfonamides is 1. The number of hydrogen-bond acceptors (Lipinski definition) is 6. The highest BCUT2D eigenvalue weighted by molar-refractivity contribution is 7.91. The number of methoxy groups -OCH3 is 1. The molecule has 0 bridgehead atoms. The van der Waals surface area contributed by atoms with Gasteiger partial charge in [0.05, 0.1) is 19.6 Å². The molecule has 1 amide bonds.